The third kappa shape index (κ3) is 2.68. The van der Waals surface area contributed by atoms with Gasteiger partial charge in [0.2, 0.25) is 0 Å². The molecule has 144 valence electrons. The Bertz CT molecular complexity index is 1080. The smallest absolute Gasteiger partial charge is 0.254 e. The van der Waals surface area contributed by atoms with Crippen molar-refractivity contribution in [2.45, 2.75) is 39.5 Å². The Morgan fingerprint density at radius 2 is 2.00 bits per heavy atom. The number of ether oxygens (including phenoxy) is 1. The van der Waals surface area contributed by atoms with Gasteiger partial charge in [-0.3, -0.25) is 4.79 Å². The third-order valence-electron chi connectivity index (χ3n) is 6.14. The number of aromatic amines is 1. The van der Waals surface area contributed by atoms with Crippen LogP contribution in [0.1, 0.15) is 46.3 Å². The summed E-state index contributed by atoms with van der Waals surface area (Å²) < 4.78 is 6.04. The molecule has 0 atom stereocenters. The zero-order valence-corrected chi connectivity index (χ0v) is 16.5. The molecule has 1 amide bonds. The molecule has 0 spiro atoms. The highest BCUT2D eigenvalue weighted by Crippen LogP contribution is 2.38. The molecule has 3 aromatic rings. The molecule has 1 saturated heterocycles. The van der Waals surface area contributed by atoms with Crippen molar-refractivity contribution < 1.29 is 9.53 Å². The van der Waals surface area contributed by atoms with Crippen LogP contribution in [0.3, 0.4) is 0 Å². The summed E-state index contributed by atoms with van der Waals surface area (Å²) in [5.41, 5.74) is 7.05. The van der Waals surface area contributed by atoms with Crippen molar-refractivity contribution in [1.29, 1.82) is 0 Å². The number of nitrogens with one attached hydrogen (secondary N) is 1. The molecule has 5 nitrogen and oxygen atoms in total. The molecule has 2 aliphatic rings. The number of imidazole rings is 1. The van der Waals surface area contributed by atoms with Crippen LogP contribution in [0, 0.1) is 13.8 Å². The molecule has 2 aliphatic heterocycles. The Labute approximate surface area is 164 Å². The van der Waals surface area contributed by atoms with Gasteiger partial charge in [0.1, 0.15) is 11.3 Å². The first-order valence-electron chi connectivity index (χ1n) is 10.2. The van der Waals surface area contributed by atoms with Crippen LogP contribution in [-0.4, -0.2) is 40.5 Å². The second kappa shape index (κ2) is 6.66. The van der Waals surface area contributed by atoms with E-state index in [1.54, 1.807) is 0 Å². The van der Waals surface area contributed by atoms with E-state index >= 15 is 0 Å². The van der Waals surface area contributed by atoms with E-state index in [2.05, 4.69) is 37.0 Å². The molecule has 0 bridgehead atoms. The number of hydrogen-bond donors (Lipinski definition) is 1. The van der Waals surface area contributed by atoms with Crippen LogP contribution >= 0.6 is 0 Å². The lowest BCUT2D eigenvalue weighted by molar-refractivity contribution is 0.0790. The lowest BCUT2D eigenvalue weighted by atomic mass is 9.97. The molecular formula is C23H25N3O2. The largest absolute Gasteiger partial charge is 0.491 e. The van der Waals surface area contributed by atoms with Crippen LogP contribution < -0.4 is 4.74 Å². The van der Waals surface area contributed by atoms with E-state index in [4.69, 9.17) is 9.72 Å². The fourth-order valence-electron chi connectivity index (χ4n) is 4.40. The first-order chi connectivity index (χ1) is 13.6. The molecular weight excluding hydrogens is 350 g/mol. The van der Waals surface area contributed by atoms with E-state index in [1.807, 2.05) is 11.0 Å². The number of H-pyrrole nitrogens is 1. The molecule has 1 fully saturated rings. The molecule has 2 aromatic carbocycles. The molecule has 5 rings (SSSR count). The number of nitrogens with zero attached hydrogens (tertiary/aromatic N) is 2. The number of hydrogen-bond acceptors (Lipinski definition) is 3. The highest BCUT2D eigenvalue weighted by molar-refractivity contribution is 6.02. The topological polar surface area (TPSA) is 58.2 Å². The molecule has 0 unspecified atom stereocenters. The second-order valence-corrected chi connectivity index (χ2v) is 7.91. The van der Waals surface area contributed by atoms with Crippen LogP contribution in [-0.2, 0) is 6.42 Å². The van der Waals surface area contributed by atoms with Crippen molar-refractivity contribution in [2.75, 3.05) is 19.7 Å². The van der Waals surface area contributed by atoms with Gasteiger partial charge in [-0.25, -0.2) is 4.98 Å². The zero-order valence-electron chi connectivity index (χ0n) is 16.5. The zero-order chi connectivity index (χ0) is 19.3. The lowest BCUT2D eigenvalue weighted by Crippen LogP contribution is -2.29. The van der Waals surface area contributed by atoms with Crippen molar-refractivity contribution >= 4 is 16.9 Å². The summed E-state index contributed by atoms with van der Waals surface area (Å²) >= 11 is 0. The highest BCUT2D eigenvalue weighted by atomic mass is 16.5. The van der Waals surface area contributed by atoms with Crippen LogP contribution in [0.25, 0.3) is 22.4 Å². The number of benzene rings is 2. The molecule has 0 saturated carbocycles. The molecule has 1 aromatic heterocycles. The summed E-state index contributed by atoms with van der Waals surface area (Å²) in [7, 11) is 0. The van der Waals surface area contributed by atoms with Crippen molar-refractivity contribution in [3.8, 4) is 17.1 Å². The normalized spacial score (nSPS) is 16.3. The third-order valence-corrected chi connectivity index (χ3v) is 6.14. The van der Waals surface area contributed by atoms with Crippen molar-refractivity contribution in [3.63, 3.8) is 0 Å². The molecule has 1 N–H and O–H groups in total. The van der Waals surface area contributed by atoms with Gasteiger partial charge in [-0.05, 0) is 56.7 Å². The lowest BCUT2D eigenvalue weighted by Gasteiger charge is -2.23. The predicted molar refractivity (Wildman–Crippen MR) is 110 cm³/mol. The van der Waals surface area contributed by atoms with Gasteiger partial charge in [0.25, 0.3) is 5.91 Å². The summed E-state index contributed by atoms with van der Waals surface area (Å²) in [6, 6.07) is 8.24. The first-order valence-corrected chi connectivity index (χ1v) is 10.2. The van der Waals surface area contributed by atoms with Crippen molar-refractivity contribution in [1.82, 2.24) is 14.9 Å². The molecule has 5 heteroatoms. The Hall–Kier alpha value is -2.82. The number of carbonyl (C=O) groups is 1. The maximum Gasteiger partial charge on any atom is 0.254 e. The quantitative estimate of drug-likeness (QED) is 0.722. The van der Waals surface area contributed by atoms with E-state index in [0.717, 1.165) is 78.1 Å². The van der Waals surface area contributed by atoms with Gasteiger partial charge in [0.05, 0.1) is 12.1 Å². The minimum absolute atomic E-state index is 0.129. The number of carbonyl (C=O) groups excluding carboxylic acids is 1. The average Bonchev–Trinajstić information content (AvgIpc) is 3.39. The highest BCUT2D eigenvalue weighted by Gasteiger charge is 2.28. The average molecular weight is 375 g/mol. The Balaban J connectivity index is 1.68. The number of likely N-dealkylation sites (tertiary alicyclic amines) is 1. The summed E-state index contributed by atoms with van der Waals surface area (Å²) in [6.07, 6.45) is 3.99. The van der Waals surface area contributed by atoms with Gasteiger partial charge >= 0.3 is 0 Å². The first kappa shape index (κ1) is 17.3. The maximum absolute atomic E-state index is 13.2. The number of fused-ring (bicyclic) bond motifs is 3. The van der Waals surface area contributed by atoms with E-state index < -0.39 is 0 Å². The summed E-state index contributed by atoms with van der Waals surface area (Å²) in [5, 5.41) is 0. The number of rotatable bonds is 2. The SMILES string of the molecule is Cc1cccc(-c2nc3c4c(c(C(=O)N5CCCC5)cc3[nH]2)CCCO4)c1C. The predicted octanol–water partition coefficient (Wildman–Crippen LogP) is 4.41. The van der Waals surface area contributed by atoms with Gasteiger partial charge in [-0.2, -0.15) is 0 Å². The van der Waals surface area contributed by atoms with E-state index in [9.17, 15) is 4.79 Å². The fraction of sp³-hybridized carbons (Fsp3) is 0.391. The van der Waals surface area contributed by atoms with Gasteiger partial charge in [0.15, 0.2) is 5.75 Å². The Kier molecular flexibility index (Phi) is 4.11. The minimum atomic E-state index is 0.129. The number of amides is 1. The van der Waals surface area contributed by atoms with E-state index in [1.165, 1.54) is 11.1 Å². The molecule has 28 heavy (non-hydrogen) atoms. The van der Waals surface area contributed by atoms with Crippen LogP contribution in [0.5, 0.6) is 5.75 Å². The van der Waals surface area contributed by atoms with Crippen molar-refractivity contribution in [2.24, 2.45) is 0 Å². The molecule has 0 aliphatic carbocycles. The number of aryl methyl sites for hydroxylation is 1. The standard InChI is InChI=1S/C23H25N3O2/c1-14-7-5-8-16(15(14)2)22-24-19-13-18(23(27)26-10-3-4-11-26)17-9-6-12-28-21(17)20(19)25-22/h5,7-8,13H,3-4,6,9-12H2,1-2H3,(H,24,25). The summed E-state index contributed by atoms with van der Waals surface area (Å²) in [4.78, 5) is 23.5. The maximum atomic E-state index is 13.2. The van der Waals surface area contributed by atoms with Gasteiger partial charge in [-0.1, -0.05) is 18.2 Å². The summed E-state index contributed by atoms with van der Waals surface area (Å²) in [5.74, 6) is 1.75. The van der Waals surface area contributed by atoms with E-state index in [0.29, 0.717) is 6.61 Å². The van der Waals surface area contributed by atoms with Gasteiger partial charge in [0, 0.05) is 29.8 Å². The van der Waals surface area contributed by atoms with Crippen LogP contribution in [0.4, 0.5) is 0 Å². The summed E-state index contributed by atoms with van der Waals surface area (Å²) in [6.45, 7) is 6.60. The van der Waals surface area contributed by atoms with Crippen LogP contribution in [0.15, 0.2) is 24.3 Å². The van der Waals surface area contributed by atoms with E-state index in [-0.39, 0.29) is 5.91 Å². The Morgan fingerprint density at radius 1 is 1.18 bits per heavy atom. The van der Waals surface area contributed by atoms with Crippen LogP contribution in [0.2, 0.25) is 0 Å². The minimum Gasteiger partial charge on any atom is -0.491 e. The number of aromatic nitrogens is 2. The fourth-order valence-corrected chi connectivity index (χ4v) is 4.40. The van der Waals surface area contributed by atoms with Crippen molar-refractivity contribution in [3.05, 3.63) is 46.5 Å². The second-order valence-electron chi connectivity index (χ2n) is 7.91. The monoisotopic (exact) mass is 375 g/mol. The molecule has 0 radical (unpaired) electrons. The molecule has 3 heterocycles. The van der Waals surface area contributed by atoms with Gasteiger partial charge in [-0.15, -0.1) is 0 Å². The van der Waals surface area contributed by atoms with Gasteiger partial charge < -0.3 is 14.6 Å². The Morgan fingerprint density at radius 3 is 2.82 bits per heavy atom.